The van der Waals surface area contributed by atoms with Gasteiger partial charge in [0.2, 0.25) is 0 Å². The predicted octanol–water partition coefficient (Wildman–Crippen LogP) is 4.50. The lowest BCUT2D eigenvalue weighted by Gasteiger charge is -2.25. The second-order valence-electron chi connectivity index (χ2n) is 10.00. The number of ether oxygens (including phenoxy) is 1. The van der Waals surface area contributed by atoms with Crippen LogP contribution in [0.15, 0.2) is 59.5 Å². The summed E-state index contributed by atoms with van der Waals surface area (Å²) in [6.45, 7) is 5.68. The number of fused-ring (bicyclic) bond motifs is 1. The zero-order valence-corrected chi connectivity index (χ0v) is 25.1. The van der Waals surface area contributed by atoms with Crippen molar-refractivity contribution in [2.75, 3.05) is 18.9 Å². The van der Waals surface area contributed by atoms with Crippen molar-refractivity contribution in [3.05, 3.63) is 65.2 Å². The Morgan fingerprint density at radius 1 is 1.22 bits per heavy atom. The fraction of sp³-hybridized carbons (Fsp3) is 0.464. The van der Waals surface area contributed by atoms with Crippen LogP contribution in [-0.4, -0.2) is 51.2 Å². The lowest BCUT2D eigenvalue weighted by atomic mass is 10.1. The highest BCUT2D eigenvalue weighted by atomic mass is 32.2. The maximum atomic E-state index is 14.2. The Morgan fingerprint density at radius 2 is 1.95 bits per heavy atom. The molecule has 0 aliphatic carbocycles. The second-order valence-corrected chi connectivity index (χ2v) is 13.1. The van der Waals surface area contributed by atoms with Crippen molar-refractivity contribution in [2.24, 2.45) is 5.92 Å². The summed E-state index contributed by atoms with van der Waals surface area (Å²) < 4.78 is 32.9. The first-order valence-corrected chi connectivity index (χ1v) is 16.2. The highest BCUT2D eigenvalue weighted by Crippen LogP contribution is 2.49. The molecular weight excluding hydrogens is 567 g/mol. The molecule has 1 aromatic heterocycles. The molecule has 0 radical (unpaired) electrons. The molecule has 0 spiro atoms. The van der Waals surface area contributed by atoms with Crippen molar-refractivity contribution in [3.63, 3.8) is 0 Å². The van der Waals surface area contributed by atoms with E-state index in [1.54, 1.807) is 12.1 Å². The topological polar surface area (TPSA) is 155 Å². The number of aromatic nitrogens is 2. The number of aliphatic hydroxyl groups is 1. The number of nitrogens with zero attached hydrogens (tertiary/aromatic N) is 2. The molecule has 2 heterocycles. The summed E-state index contributed by atoms with van der Waals surface area (Å²) in [6.07, 6.45) is 2.67. The third-order valence-corrected chi connectivity index (χ3v) is 10.2. The lowest BCUT2D eigenvalue weighted by molar-refractivity contribution is -0.146. The van der Waals surface area contributed by atoms with Crippen molar-refractivity contribution < 1.29 is 28.3 Å². The molecule has 1 saturated heterocycles. The van der Waals surface area contributed by atoms with Gasteiger partial charge in [0.05, 0.1) is 29.9 Å². The molecule has 4 N–H and O–H groups in total. The molecule has 0 bridgehead atoms. The summed E-state index contributed by atoms with van der Waals surface area (Å²) in [4.78, 5) is 28.8. The van der Waals surface area contributed by atoms with Gasteiger partial charge in [-0.15, -0.1) is 11.8 Å². The van der Waals surface area contributed by atoms with E-state index in [4.69, 9.17) is 19.5 Å². The van der Waals surface area contributed by atoms with Crippen LogP contribution in [0.1, 0.15) is 45.4 Å². The minimum absolute atomic E-state index is 0.111. The molecule has 1 unspecified atom stereocenters. The van der Waals surface area contributed by atoms with Crippen LogP contribution in [-0.2, 0) is 18.6 Å². The number of anilines is 1. The van der Waals surface area contributed by atoms with Crippen LogP contribution in [0.4, 0.5) is 5.82 Å². The van der Waals surface area contributed by atoms with Gasteiger partial charge in [0.15, 0.2) is 0 Å². The minimum Gasteiger partial charge on any atom is -0.464 e. The lowest BCUT2D eigenvalue weighted by Crippen LogP contribution is -2.36. The van der Waals surface area contributed by atoms with Gasteiger partial charge in [-0.3, -0.25) is 13.9 Å². The van der Waals surface area contributed by atoms with Gasteiger partial charge < -0.3 is 20.1 Å². The monoisotopic (exact) mass is 604 g/mol. The zero-order valence-electron chi connectivity index (χ0n) is 23.3. The zero-order chi connectivity index (χ0) is 29.6. The Labute approximate surface area is 243 Å². The van der Waals surface area contributed by atoms with Crippen molar-refractivity contribution in [2.45, 2.75) is 62.8 Å². The maximum Gasteiger partial charge on any atom is 0.459 e. The van der Waals surface area contributed by atoms with E-state index in [-0.39, 0.29) is 31.4 Å². The van der Waals surface area contributed by atoms with Crippen LogP contribution in [0.3, 0.4) is 0 Å². The van der Waals surface area contributed by atoms with E-state index in [9.17, 15) is 19.3 Å². The van der Waals surface area contributed by atoms with Crippen LogP contribution >= 0.6 is 19.5 Å². The summed E-state index contributed by atoms with van der Waals surface area (Å²) in [5.74, 6) is 0.0832. The van der Waals surface area contributed by atoms with E-state index >= 15 is 0 Å². The first kappa shape index (κ1) is 31.1. The number of nitrogens with two attached hydrogens (primary N) is 1. The third-order valence-electron chi connectivity index (χ3n) is 7.06. The molecule has 222 valence electrons. The number of carbonyl (C=O) groups excluding carboxylic acids is 1. The van der Waals surface area contributed by atoms with E-state index in [0.29, 0.717) is 5.75 Å². The van der Waals surface area contributed by atoms with Crippen LogP contribution in [0.5, 0.6) is 5.75 Å². The van der Waals surface area contributed by atoms with Crippen LogP contribution in [0, 0.1) is 5.92 Å². The largest absolute Gasteiger partial charge is 0.464 e. The number of thioether (sulfide) groups is 1. The number of benzene rings is 2. The van der Waals surface area contributed by atoms with E-state index in [0.717, 1.165) is 23.6 Å². The second kappa shape index (κ2) is 13.8. The summed E-state index contributed by atoms with van der Waals surface area (Å²) in [7, 11) is -4.18. The minimum atomic E-state index is -4.18. The fourth-order valence-electron chi connectivity index (χ4n) is 4.49. The highest BCUT2D eigenvalue weighted by Gasteiger charge is 2.39. The quantitative estimate of drug-likeness (QED) is 0.186. The SMILES string of the molecule is CCC(CC)COC(=O)[C@H](C)NP(=O)(OC[C@H]1S[C@@H](n2ccc(N)nc2=O)C[C@H]1O)Oc1cccc2ccccc12. The molecule has 11 nitrogen and oxygen atoms in total. The number of esters is 1. The molecule has 13 heteroatoms. The van der Waals surface area contributed by atoms with Crippen LogP contribution < -0.4 is 21.0 Å². The molecule has 1 fully saturated rings. The van der Waals surface area contributed by atoms with E-state index in [1.807, 2.05) is 44.2 Å². The average Bonchev–Trinajstić information content (AvgIpc) is 3.32. The molecule has 1 aliphatic rings. The number of aliphatic hydroxyl groups excluding tert-OH is 1. The van der Waals surface area contributed by atoms with Gasteiger partial charge >= 0.3 is 19.4 Å². The van der Waals surface area contributed by atoms with Crippen LogP contribution in [0.2, 0.25) is 0 Å². The summed E-state index contributed by atoms with van der Waals surface area (Å²) in [6, 6.07) is 13.3. The number of nitrogens with one attached hydrogen (secondary N) is 1. The Kier molecular flexibility index (Phi) is 10.5. The smallest absolute Gasteiger partial charge is 0.459 e. The molecule has 41 heavy (non-hydrogen) atoms. The van der Waals surface area contributed by atoms with E-state index in [1.165, 1.54) is 35.5 Å². The first-order chi connectivity index (χ1) is 19.6. The third kappa shape index (κ3) is 7.90. The molecule has 2 aromatic carbocycles. The number of rotatable bonds is 13. The molecule has 0 saturated carbocycles. The Bertz CT molecular complexity index is 1440. The first-order valence-electron chi connectivity index (χ1n) is 13.7. The highest BCUT2D eigenvalue weighted by molar-refractivity contribution is 8.00. The maximum absolute atomic E-state index is 14.2. The molecule has 1 aliphatic heterocycles. The van der Waals surface area contributed by atoms with E-state index < -0.39 is 42.2 Å². The van der Waals surface area contributed by atoms with Gasteiger partial charge in [-0.1, -0.05) is 63.1 Å². The standard InChI is InChI=1S/C28H37N4O7PS/c1-4-19(5-2)16-37-27(34)18(3)31-40(36,39-23-12-8-10-20-9-6-7-11-21(20)23)38-17-24-22(33)15-26(41-24)32-14-13-25(29)30-28(32)35/h6-14,18-19,22,24,26,33H,4-5,15-17H2,1-3H3,(H,31,36)(H2,29,30,35)/t18-,22+,24+,26+,40?/m0/s1. The Balaban J connectivity index is 1.51. The van der Waals surface area contributed by atoms with Gasteiger partial charge in [0.1, 0.15) is 17.6 Å². The molecule has 0 amide bonds. The Morgan fingerprint density at radius 3 is 2.68 bits per heavy atom. The van der Waals surface area contributed by atoms with Gasteiger partial charge in [0.25, 0.3) is 0 Å². The van der Waals surface area contributed by atoms with Crippen molar-refractivity contribution in [3.8, 4) is 5.75 Å². The van der Waals surface area contributed by atoms with Crippen LogP contribution in [0.25, 0.3) is 10.8 Å². The van der Waals surface area contributed by atoms with Gasteiger partial charge in [-0.2, -0.15) is 10.1 Å². The fourth-order valence-corrected chi connectivity index (χ4v) is 7.56. The predicted molar refractivity (Wildman–Crippen MR) is 160 cm³/mol. The summed E-state index contributed by atoms with van der Waals surface area (Å²) in [5, 5.41) is 14.1. The Hall–Kier alpha value is -2.89. The molecule has 4 rings (SSSR count). The molecule has 5 atom stereocenters. The number of carbonyl (C=O) groups is 1. The van der Waals surface area contributed by atoms with Crippen molar-refractivity contribution >= 4 is 42.1 Å². The number of hydrogen-bond donors (Lipinski definition) is 3. The number of hydrogen-bond acceptors (Lipinski definition) is 10. The van der Waals surface area contributed by atoms with Gasteiger partial charge in [0, 0.05) is 18.0 Å². The van der Waals surface area contributed by atoms with E-state index in [2.05, 4.69) is 10.1 Å². The number of nitrogen functional groups attached to an aromatic ring is 1. The molecular formula is C28H37N4O7PS. The normalized spacial score (nSPS) is 21.0. The summed E-state index contributed by atoms with van der Waals surface area (Å²) >= 11 is 1.29. The van der Waals surface area contributed by atoms with Crippen molar-refractivity contribution in [1.29, 1.82) is 0 Å². The average molecular weight is 605 g/mol. The van der Waals surface area contributed by atoms with Gasteiger partial charge in [-0.25, -0.2) is 9.36 Å². The van der Waals surface area contributed by atoms with Crippen molar-refractivity contribution in [1.82, 2.24) is 14.6 Å². The summed E-state index contributed by atoms with van der Waals surface area (Å²) in [5.41, 5.74) is 5.07. The van der Waals surface area contributed by atoms with Gasteiger partial charge in [-0.05, 0) is 30.4 Å². The molecule has 3 aromatic rings.